The molecule has 0 aliphatic carbocycles. The van der Waals surface area contributed by atoms with Gasteiger partial charge in [0, 0.05) is 12.6 Å². The zero-order valence-electron chi connectivity index (χ0n) is 8.30. The van der Waals surface area contributed by atoms with Crippen molar-refractivity contribution in [1.29, 1.82) is 0 Å². The van der Waals surface area contributed by atoms with E-state index in [2.05, 4.69) is 5.32 Å². The summed E-state index contributed by atoms with van der Waals surface area (Å²) in [4.78, 5) is 21.3. The van der Waals surface area contributed by atoms with Gasteiger partial charge in [-0.05, 0) is 24.6 Å². The maximum absolute atomic E-state index is 13.2. The number of hydrogen-bond donors (Lipinski definition) is 2. The van der Waals surface area contributed by atoms with Crippen molar-refractivity contribution in [2.75, 3.05) is 5.32 Å². The number of carboxylic acids is 1. The van der Waals surface area contributed by atoms with Crippen LogP contribution in [-0.2, 0) is 4.79 Å². The zero-order valence-corrected chi connectivity index (χ0v) is 8.30. The molecule has 1 rings (SSSR count). The van der Waals surface area contributed by atoms with E-state index < -0.39 is 17.3 Å². The zero-order chi connectivity index (χ0) is 11.6. The van der Waals surface area contributed by atoms with Crippen LogP contribution in [0.3, 0.4) is 0 Å². The lowest BCUT2D eigenvalue weighted by molar-refractivity contribution is -0.114. The summed E-state index contributed by atoms with van der Waals surface area (Å²) in [6, 6.07) is 2.18. The molecule has 1 amide bonds. The van der Waals surface area contributed by atoms with Crippen molar-refractivity contribution in [3.05, 3.63) is 29.1 Å². The van der Waals surface area contributed by atoms with Crippen molar-refractivity contribution in [2.45, 2.75) is 13.8 Å². The first-order chi connectivity index (χ1) is 6.91. The Kier molecular flexibility index (Phi) is 3.04. The lowest BCUT2D eigenvalue weighted by atomic mass is 10.1. The molecule has 0 aliphatic rings. The molecule has 15 heavy (non-hydrogen) atoms. The van der Waals surface area contributed by atoms with E-state index in [0.29, 0.717) is 5.56 Å². The van der Waals surface area contributed by atoms with Gasteiger partial charge in [0.1, 0.15) is 5.82 Å². The fourth-order valence-electron chi connectivity index (χ4n) is 1.17. The predicted molar refractivity (Wildman–Crippen MR) is 52.4 cm³/mol. The van der Waals surface area contributed by atoms with E-state index in [1.165, 1.54) is 13.0 Å². The lowest BCUT2D eigenvalue weighted by Crippen LogP contribution is -2.09. The van der Waals surface area contributed by atoms with Gasteiger partial charge >= 0.3 is 5.97 Å². The molecule has 4 nitrogen and oxygen atoms in total. The first-order valence-electron chi connectivity index (χ1n) is 4.23. The number of anilines is 1. The maximum atomic E-state index is 13.2. The van der Waals surface area contributed by atoms with Gasteiger partial charge in [0.25, 0.3) is 0 Å². The van der Waals surface area contributed by atoms with Gasteiger partial charge in [-0.2, -0.15) is 0 Å². The maximum Gasteiger partial charge on any atom is 0.338 e. The van der Waals surface area contributed by atoms with Gasteiger partial charge in [0.05, 0.1) is 5.56 Å². The van der Waals surface area contributed by atoms with Crippen LogP contribution in [0.1, 0.15) is 22.8 Å². The van der Waals surface area contributed by atoms with Crippen molar-refractivity contribution in [1.82, 2.24) is 0 Å². The van der Waals surface area contributed by atoms with Gasteiger partial charge < -0.3 is 10.4 Å². The number of carbonyl (C=O) groups excluding carboxylic acids is 1. The van der Waals surface area contributed by atoms with E-state index in [9.17, 15) is 14.0 Å². The molecule has 0 bridgehead atoms. The summed E-state index contributed by atoms with van der Waals surface area (Å²) in [7, 11) is 0. The predicted octanol–water partition coefficient (Wildman–Crippen LogP) is 1.79. The van der Waals surface area contributed by atoms with Crippen molar-refractivity contribution in [3.63, 3.8) is 0 Å². The number of hydrogen-bond acceptors (Lipinski definition) is 2. The molecule has 0 heterocycles. The minimum absolute atomic E-state index is 0.282. The molecule has 0 aromatic heterocycles. The standard InChI is InChI=1S/C10H10FNO3/c1-5-3-7(10(14)15)8(11)4-9(5)12-6(2)13/h3-4H,1-2H3,(H,12,13)(H,14,15). The Morgan fingerprint density at radius 3 is 2.47 bits per heavy atom. The highest BCUT2D eigenvalue weighted by Gasteiger charge is 2.13. The lowest BCUT2D eigenvalue weighted by Gasteiger charge is -2.07. The van der Waals surface area contributed by atoms with Gasteiger partial charge in [-0.1, -0.05) is 0 Å². The molecule has 80 valence electrons. The summed E-state index contributed by atoms with van der Waals surface area (Å²) in [6.07, 6.45) is 0. The third-order valence-electron chi connectivity index (χ3n) is 1.86. The van der Waals surface area contributed by atoms with Gasteiger partial charge in [-0.3, -0.25) is 4.79 Å². The molecule has 0 spiro atoms. The van der Waals surface area contributed by atoms with Gasteiger partial charge in [0.15, 0.2) is 0 Å². The van der Waals surface area contributed by atoms with Gasteiger partial charge in [0.2, 0.25) is 5.91 Å². The third kappa shape index (κ3) is 2.52. The Labute approximate surface area is 85.7 Å². The monoisotopic (exact) mass is 211 g/mol. The van der Waals surface area contributed by atoms with Crippen molar-refractivity contribution < 1.29 is 19.1 Å². The summed E-state index contributed by atoms with van der Waals surface area (Å²) in [5.74, 6) is -2.53. The number of carbonyl (C=O) groups is 2. The quantitative estimate of drug-likeness (QED) is 0.783. The second kappa shape index (κ2) is 4.08. The van der Waals surface area contributed by atoms with E-state index in [1.807, 2.05) is 0 Å². The smallest absolute Gasteiger partial charge is 0.338 e. The Morgan fingerprint density at radius 1 is 1.40 bits per heavy atom. The average molecular weight is 211 g/mol. The number of aryl methyl sites for hydroxylation is 1. The second-order valence-electron chi connectivity index (χ2n) is 3.13. The van der Waals surface area contributed by atoms with E-state index >= 15 is 0 Å². The Bertz CT molecular complexity index is 429. The second-order valence-corrected chi connectivity index (χ2v) is 3.13. The van der Waals surface area contributed by atoms with Gasteiger partial charge in [-0.15, -0.1) is 0 Å². The molecule has 0 fully saturated rings. The van der Waals surface area contributed by atoms with E-state index in [1.54, 1.807) is 6.92 Å². The number of nitrogens with one attached hydrogen (secondary N) is 1. The summed E-state index contributed by atoms with van der Waals surface area (Å²) in [5, 5.41) is 11.0. The van der Waals surface area contributed by atoms with Crippen LogP contribution >= 0.6 is 0 Å². The minimum atomic E-state index is -1.33. The first kappa shape index (κ1) is 11.2. The summed E-state index contributed by atoms with van der Waals surface area (Å²) in [5.41, 5.74) is 0.385. The third-order valence-corrected chi connectivity index (χ3v) is 1.86. The average Bonchev–Trinajstić information content (AvgIpc) is 2.09. The Morgan fingerprint density at radius 2 is 2.00 bits per heavy atom. The number of amides is 1. The molecular weight excluding hydrogens is 201 g/mol. The van der Waals surface area contributed by atoms with Crippen LogP contribution in [-0.4, -0.2) is 17.0 Å². The molecule has 0 saturated carbocycles. The van der Waals surface area contributed by atoms with Crippen LogP contribution in [0.15, 0.2) is 12.1 Å². The Balaban J connectivity index is 3.19. The number of rotatable bonds is 2. The summed E-state index contributed by atoms with van der Waals surface area (Å²) in [6.45, 7) is 2.89. The topological polar surface area (TPSA) is 66.4 Å². The van der Waals surface area contributed by atoms with Crippen molar-refractivity contribution in [3.8, 4) is 0 Å². The van der Waals surface area contributed by atoms with Crippen molar-refractivity contribution in [2.24, 2.45) is 0 Å². The molecule has 0 unspecified atom stereocenters. The fourth-order valence-corrected chi connectivity index (χ4v) is 1.17. The summed E-state index contributed by atoms with van der Waals surface area (Å²) >= 11 is 0. The van der Waals surface area contributed by atoms with Crippen LogP contribution in [0.25, 0.3) is 0 Å². The number of aromatic carboxylic acids is 1. The minimum Gasteiger partial charge on any atom is -0.478 e. The summed E-state index contributed by atoms with van der Waals surface area (Å²) < 4.78 is 13.2. The number of carboxylic acid groups (broad SMARTS) is 1. The Hall–Kier alpha value is -1.91. The normalized spacial score (nSPS) is 9.80. The largest absolute Gasteiger partial charge is 0.478 e. The molecule has 0 aliphatic heterocycles. The molecule has 0 atom stereocenters. The first-order valence-corrected chi connectivity index (χ1v) is 4.23. The number of halogens is 1. The molecule has 0 saturated heterocycles. The molecular formula is C10H10FNO3. The van der Waals surface area contributed by atoms with Crippen LogP contribution in [0.5, 0.6) is 0 Å². The molecule has 0 radical (unpaired) electrons. The molecule has 1 aromatic rings. The fraction of sp³-hybridized carbons (Fsp3) is 0.200. The highest BCUT2D eigenvalue weighted by atomic mass is 19.1. The highest BCUT2D eigenvalue weighted by Crippen LogP contribution is 2.20. The van der Waals surface area contributed by atoms with Crippen LogP contribution in [0.2, 0.25) is 0 Å². The van der Waals surface area contributed by atoms with E-state index in [4.69, 9.17) is 5.11 Å². The van der Waals surface area contributed by atoms with E-state index in [0.717, 1.165) is 6.07 Å². The number of benzene rings is 1. The molecule has 5 heteroatoms. The van der Waals surface area contributed by atoms with Crippen molar-refractivity contribution >= 4 is 17.6 Å². The SMILES string of the molecule is CC(=O)Nc1cc(F)c(C(=O)O)cc1C. The van der Waals surface area contributed by atoms with Gasteiger partial charge in [-0.25, -0.2) is 9.18 Å². The molecule has 2 N–H and O–H groups in total. The highest BCUT2D eigenvalue weighted by molar-refractivity contribution is 5.92. The van der Waals surface area contributed by atoms with Crippen LogP contribution < -0.4 is 5.32 Å². The molecule has 1 aromatic carbocycles. The van der Waals surface area contributed by atoms with E-state index in [-0.39, 0.29) is 11.6 Å². The van der Waals surface area contributed by atoms with Crippen LogP contribution in [0.4, 0.5) is 10.1 Å². The van der Waals surface area contributed by atoms with Crippen LogP contribution in [0, 0.1) is 12.7 Å².